The van der Waals surface area contributed by atoms with Crippen molar-refractivity contribution < 1.29 is 16.8 Å². The highest BCUT2D eigenvalue weighted by atomic mass is 32.3. The fourth-order valence-electron chi connectivity index (χ4n) is 0.778. The molecule has 0 saturated carbocycles. The molecular weight excluding hydrogens is 204 g/mol. The summed E-state index contributed by atoms with van der Waals surface area (Å²) in [6, 6.07) is 9.18. The van der Waals surface area contributed by atoms with E-state index in [-0.39, 0.29) is 0 Å². The molecule has 1 aromatic carbocycles. The summed E-state index contributed by atoms with van der Waals surface area (Å²) >= 11 is 0. The largest absolute Gasteiger partial charge is 0.448 e. The van der Waals surface area contributed by atoms with Crippen LogP contribution in [0.15, 0.2) is 36.6 Å². The van der Waals surface area contributed by atoms with Crippen LogP contribution in [0.2, 0.25) is 0 Å². The van der Waals surface area contributed by atoms with Gasteiger partial charge < -0.3 is 4.18 Å². The second-order valence-corrected chi connectivity index (χ2v) is 3.73. The van der Waals surface area contributed by atoms with Crippen LogP contribution in [0.25, 0.3) is 6.08 Å². The Balaban J connectivity index is 2.59. The normalized spacial score (nSPS) is 11.8. The fourth-order valence-corrected chi connectivity index (χ4v) is 1.05. The Morgan fingerprint density at radius 1 is 1.21 bits per heavy atom. The molecule has 0 atom stereocenters. The second kappa shape index (κ2) is 4.78. The summed E-state index contributed by atoms with van der Waals surface area (Å²) in [6.45, 7) is 0. The van der Waals surface area contributed by atoms with E-state index in [2.05, 4.69) is 8.37 Å². The van der Waals surface area contributed by atoms with Crippen molar-refractivity contribution in [1.82, 2.24) is 0 Å². The molecule has 0 aliphatic carbocycles. The van der Waals surface area contributed by atoms with Gasteiger partial charge in [-0.1, -0.05) is 30.3 Å². The van der Waals surface area contributed by atoms with Crippen molar-refractivity contribution in [2.75, 3.05) is 7.11 Å². The smallest absolute Gasteiger partial charge is 0.370 e. The summed E-state index contributed by atoms with van der Waals surface area (Å²) in [5.74, 6) is 0. The summed E-state index contributed by atoms with van der Waals surface area (Å²) in [5, 5.41) is 0. The van der Waals surface area contributed by atoms with Crippen LogP contribution in [0.5, 0.6) is 0 Å². The van der Waals surface area contributed by atoms with Crippen LogP contribution >= 0.6 is 0 Å². The Bertz CT molecular complexity index is 394. The van der Waals surface area contributed by atoms with E-state index in [0.29, 0.717) is 0 Å². The average molecular weight is 214 g/mol. The van der Waals surface area contributed by atoms with Gasteiger partial charge in [0.1, 0.15) is 6.26 Å². The second-order valence-electron chi connectivity index (χ2n) is 2.38. The van der Waals surface area contributed by atoms with Gasteiger partial charge in [0, 0.05) is 0 Å². The predicted molar refractivity (Wildman–Crippen MR) is 52.5 cm³/mol. The van der Waals surface area contributed by atoms with E-state index in [0.717, 1.165) is 18.9 Å². The van der Waals surface area contributed by atoms with E-state index >= 15 is 0 Å². The lowest BCUT2D eigenvalue weighted by Crippen LogP contribution is -2.02. The molecule has 0 N–H and O–H groups in total. The zero-order valence-corrected chi connectivity index (χ0v) is 8.40. The minimum Gasteiger partial charge on any atom is -0.370 e. The van der Waals surface area contributed by atoms with Crippen LogP contribution in [-0.4, -0.2) is 15.5 Å². The van der Waals surface area contributed by atoms with Crippen LogP contribution in [0.4, 0.5) is 0 Å². The molecule has 5 heteroatoms. The van der Waals surface area contributed by atoms with Crippen LogP contribution in [-0.2, 0) is 18.8 Å². The van der Waals surface area contributed by atoms with Crippen molar-refractivity contribution in [3.8, 4) is 0 Å². The number of hydrogen-bond acceptors (Lipinski definition) is 4. The van der Waals surface area contributed by atoms with E-state index in [9.17, 15) is 8.42 Å². The van der Waals surface area contributed by atoms with Gasteiger partial charge in [-0.3, -0.25) is 0 Å². The van der Waals surface area contributed by atoms with E-state index in [1.807, 2.05) is 30.3 Å². The number of rotatable bonds is 4. The standard InChI is InChI=1S/C9H10O4S/c1-12-14(10,11)13-8-7-9-5-3-2-4-6-9/h2-8H,1H3/b8-7+. The maximum absolute atomic E-state index is 10.7. The lowest BCUT2D eigenvalue weighted by Gasteiger charge is -1.97. The maximum Gasteiger partial charge on any atom is 0.448 e. The molecule has 0 aliphatic heterocycles. The van der Waals surface area contributed by atoms with Crippen LogP contribution in [0, 0.1) is 0 Å². The molecule has 0 saturated heterocycles. The lowest BCUT2D eigenvalue weighted by molar-refractivity contribution is 0.309. The van der Waals surface area contributed by atoms with E-state index < -0.39 is 10.4 Å². The first-order valence-corrected chi connectivity index (χ1v) is 5.18. The first kappa shape index (κ1) is 10.7. The summed E-state index contributed by atoms with van der Waals surface area (Å²) in [5.41, 5.74) is 0.846. The third kappa shape index (κ3) is 3.59. The van der Waals surface area contributed by atoms with Crippen molar-refractivity contribution in [1.29, 1.82) is 0 Å². The van der Waals surface area contributed by atoms with Gasteiger partial charge >= 0.3 is 10.4 Å². The molecule has 0 spiro atoms. The molecule has 0 amide bonds. The molecule has 0 radical (unpaired) electrons. The van der Waals surface area contributed by atoms with Gasteiger partial charge in [-0.15, -0.1) is 0 Å². The quantitative estimate of drug-likeness (QED) is 0.714. The highest BCUT2D eigenvalue weighted by Gasteiger charge is 2.04. The van der Waals surface area contributed by atoms with Gasteiger partial charge in [0.25, 0.3) is 0 Å². The minimum absolute atomic E-state index is 0.846. The highest BCUT2D eigenvalue weighted by Crippen LogP contribution is 2.02. The molecule has 76 valence electrons. The molecule has 1 rings (SSSR count). The topological polar surface area (TPSA) is 52.6 Å². The summed E-state index contributed by atoms with van der Waals surface area (Å²) < 4.78 is 29.8. The van der Waals surface area contributed by atoms with Crippen molar-refractivity contribution in [2.45, 2.75) is 0 Å². The highest BCUT2D eigenvalue weighted by molar-refractivity contribution is 7.81. The van der Waals surface area contributed by atoms with Gasteiger partial charge in [-0.2, -0.15) is 8.42 Å². The first-order valence-electron chi connectivity index (χ1n) is 3.84. The molecule has 4 nitrogen and oxygen atoms in total. The maximum atomic E-state index is 10.7. The van der Waals surface area contributed by atoms with Gasteiger partial charge in [0.05, 0.1) is 7.11 Å². The third-order valence-electron chi connectivity index (χ3n) is 1.44. The van der Waals surface area contributed by atoms with E-state index in [1.54, 1.807) is 0 Å². The van der Waals surface area contributed by atoms with Crippen LogP contribution in [0.3, 0.4) is 0 Å². The third-order valence-corrected chi connectivity index (χ3v) is 2.19. The molecule has 0 bridgehead atoms. The lowest BCUT2D eigenvalue weighted by atomic mass is 10.2. The molecule has 14 heavy (non-hydrogen) atoms. The van der Waals surface area contributed by atoms with Crippen molar-refractivity contribution in [3.05, 3.63) is 42.2 Å². The molecule has 0 fully saturated rings. The predicted octanol–water partition coefficient (Wildman–Crippen LogP) is 1.57. The Labute approximate surface area is 83.1 Å². The zero-order valence-electron chi connectivity index (χ0n) is 7.58. The van der Waals surface area contributed by atoms with Crippen LogP contribution < -0.4 is 0 Å². The van der Waals surface area contributed by atoms with Gasteiger partial charge in [0.2, 0.25) is 0 Å². The summed E-state index contributed by atoms with van der Waals surface area (Å²) in [6.07, 6.45) is 2.59. The monoisotopic (exact) mass is 214 g/mol. The molecule has 0 heterocycles. The summed E-state index contributed by atoms with van der Waals surface area (Å²) in [7, 11) is -2.84. The van der Waals surface area contributed by atoms with E-state index in [1.165, 1.54) is 6.08 Å². The minimum atomic E-state index is -3.88. The molecule has 0 unspecified atom stereocenters. The Kier molecular flexibility index (Phi) is 3.67. The number of hydrogen-bond donors (Lipinski definition) is 0. The van der Waals surface area contributed by atoms with Gasteiger partial charge in [-0.05, 0) is 11.6 Å². The average Bonchev–Trinajstić information content (AvgIpc) is 2.19. The molecular formula is C9H10O4S. The Hall–Kier alpha value is -1.33. The first-order chi connectivity index (χ1) is 6.64. The Morgan fingerprint density at radius 3 is 2.43 bits per heavy atom. The molecule has 0 aliphatic rings. The van der Waals surface area contributed by atoms with Crippen molar-refractivity contribution in [2.24, 2.45) is 0 Å². The SMILES string of the molecule is COS(=O)(=O)O/C=C/c1ccccc1. The van der Waals surface area contributed by atoms with Crippen molar-refractivity contribution in [3.63, 3.8) is 0 Å². The van der Waals surface area contributed by atoms with Crippen molar-refractivity contribution >= 4 is 16.5 Å². The fraction of sp³-hybridized carbons (Fsp3) is 0.111. The van der Waals surface area contributed by atoms with E-state index in [4.69, 9.17) is 0 Å². The Morgan fingerprint density at radius 2 is 1.86 bits per heavy atom. The van der Waals surface area contributed by atoms with Crippen LogP contribution in [0.1, 0.15) is 5.56 Å². The molecule has 0 aromatic heterocycles. The molecule has 1 aromatic rings. The van der Waals surface area contributed by atoms with Gasteiger partial charge in [-0.25, -0.2) is 4.18 Å². The zero-order chi connectivity index (χ0) is 10.4. The van der Waals surface area contributed by atoms with Gasteiger partial charge in [0.15, 0.2) is 0 Å². The summed E-state index contributed by atoms with van der Waals surface area (Å²) in [4.78, 5) is 0. The number of benzene rings is 1.